The number of H-pyrrole nitrogens is 2. The molecule has 0 aliphatic carbocycles. The Labute approximate surface area is 162 Å². The van der Waals surface area contributed by atoms with Gasteiger partial charge in [0.15, 0.2) is 4.77 Å². The van der Waals surface area contributed by atoms with Crippen molar-refractivity contribution in [2.45, 2.75) is 13.0 Å². The average Bonchev–Trinajstić information content (AvgIpc) is 2.60. The van der Waals surface area contributed by atoms with E-state index >= 15 is 0 Å². The monoisotopic (exact) mass is 433 g/mol. The zero-order chi connectivity index (χ0) is 18.8. The summed E-state index contributed by atoms with van der Waals surface area (Å²) in [5.41, 5.74) is 1.61. The van der Waals surface area contributed by atoms with E-state index in [-0.39, 0.29) is 22.3 Å². The molecular formula is C18H16BrN3O3S. The number of hydrogen-bond donors (Lipinski definition) is 3. The number of hydrogen-bond acceptors (Lipinski definition) is 4. The lowest BCUT2D eigenvalue weighted by Crippen LogP contribution is -2.26. The lowest BCUT2D eigenvalue weighted by Gasteiger charge is -2.16. The van der Waals surface area contributed by atoms with E-state index in [2.05, 4.69) is 31.2 Å². The number of amides is 1. The molecule has 0 radical (unpaired) electrons. The minimum atomic E-state index is -0.285. The summed E-state index contributed by atoms with van der Waals surface area (Å²) in [5, 5.41) is 3.39. The molecule has 0 aliphatic rings. The summed E-state index contributed by atoms with van der Waals surface area (Å²) in [5.74, 6) is 0.480. The lowest BCUT2D eigenvalue weighted by molar-refractivity contribution is 0.0940. The molecule has 0 spiro atoms. The second-order valence-corrected chi connectivity index (χ2v) is 7.02. The SMILES string of the molecule is COc1ccc(C(C)NC(=O)c2ccc3c(=O)[nH]c(=S)[nH]c3c2)cc1Br. The first-order valence-electron chi connectivity index (χ1n) is 7.79. The summed E-state index contributed by atoms with van der Waals surface area (Å²) in [6, 6.07) is 10.3. The van der Waals surface area contributed by atoms with Gasteiger partial charge in [0.2, 0.25) is 0 Å². The molecule has 1 amide bonds. The standard InChI is InChI=1S/C18H16BrN3O3S/c1-9(10-4-6-15(25-2)13(19)7-10)20-16(23)11-3-5-12-14(8-11)21-18(26)22-17(12)24/h3-9H,1-2H3,(H,20,23)(H2,21,22,24,26). The molecule has 0 saturated carbocycles. The number of carbonyl (C=O) groups excluding carboxylic acids is 1. The number of halogens is 1. The Hall–Kier alpha value is -2.45. The lowest BCUT2D eigenvalue weighted by atomic mass is 10.1. The Kier molecular flexibility index (Phi) is 5.24. The molecule has 3 aromatic rings. The molecule has 0 bridgehead atoms. The van der Waals surface area contributed by atoms with Gasteiger partial charge < -0.3 is 15.0 Å². The molecule has 0 fully saturated rings. The summed E-state index contributed by atoms with van der Waals surface area (Å²) in [6.45, 7) is 1.89. The molecule has 8 heteroatoms. The van der Waals surface area contributed by atoms with Crippen LogP contribution in [0.1, 0.15) is 28.9 Å². The van der Waals surface area contributed by atoms with Gasteiger partial charge in [0, 0.05) is 5.56 Å². The highest BCUT2D eigenvalue weighted by Gasteiger charge is 2.14. The summed E-state index contributed by atoms with van der Waals surface area (Å²) in [7, 11) is 1.60. The van der Waals surface area contributed by atoms with E-state index in [1.807, 2.05) is 25.1 Å². The Morgan fingerprint density at radius 2 is 2.00 bits per heavy atom. The van der Waals surface area contributed by atoms with Gasteiger partial charge in [-0.3, -0.25) is 14.6 Å². The molecule has 2 aromatic carbocycles. The van der Waals surface area contributed by atoms with Crippen molar-refractivity contribution in [1.29, 1.82) is 0 Å². The molecule has 3 rings (SSSR count). The molecule has 134 valence electrons. The summed E-state index contributed by atoms with van der Waals surface area (Å²) >= 11 is 8.42. The van der Waals surface area contributed by atoms with Gasteiger partial charge in [0.05, 0.1) is 28.5 Å². The van der Waals surface area contributed by atoms with E-state index in [1.165, 1.54) is 0 Å². The summed E-state index contributed by atoms with van der Waals surface area (Å²) < 4.78 is 6.25. The second kappa shape index (κ2) is 7.43. The number of fused-ring (bicyclic) bond motifs is 1. The molecule has 26 heavy (non-hydrogen) atoms. The Bertz CT molecular complexity index is 1110. The summed E-state index contributed by atoms with van der Waals surface area (Å²) in [6.07, 6.45) is 0. The largest absolute Gasteiger partial charge is 0.496 e. The number of benzene rings is 2. The highest BCUT2D eigenvalue weighted by molar-refractivity contribution is 9.10. The maximum Gasteiger partial charge on any atom is 0.259 e. The number of rotatable bonds is 4. The number of aromatic amines is 2. The van der Waals surface area contributed by atoms with Crippen molar-refractivity contribution < 1.29 is 9.53 Å². The van der Waals surface area contributed by atoms with Crippen molar-refractivity contribution >= 4 is 45.0 Å². The van der Waals surface area contributed by atoms with Gasteiger partial charge in [-0.15, -0.1) is 0 Å². The average molecular weight is 434 g/mol. The van der Waals surface area contributed by atoms with Crippen LogP contribution in [0.15, 0.2) is 45.7 Å². The molecular weight excluding hydrogens is 418 g/mol. The van der Waals surface area contributed by atoms with Crippen LogP contribution in [0.5, 0.6) is 5.75 Å². The van der Waals surface area contributed by atoms with Crippen LogP contribution in [0.25, 0.3) is 10.9 Å². The van der Waals surface area contributed by atoms with Crippen LogP contribution in [0.4, 0.5) is 0 Å². The second-order valence-electron chi connectivity index (χ2n) is 5.76. The van der Waals surface area contributed by atoms with Crippen LogP contribution in [-0.2, 0) is 0 Å². The van der Waals surface area contributed by atoms with Gasteiger partial charge >= 0.3 is 0 Å². The molecule has 1 unspecified atom stereocenters. The zero-order valence-corrected chi connectivity index (χ0v) is 16.5. The van der Waals surface area contributed by atoms with Crippen molar-refractivity contribution in [3.63, 3.8) is 0 Å². The van der Waals surface area contributed by atoms with Crippen LogP contribution in [0.2, 0.25) is 0 Å². The quantitative estimate of drug-likeness (QED) is 0.545. The molecule has 1 atom stereocenters. The first-order chi connectivity index (χ1) is 12.4. The van der Waals surface area contributed by atoms with Gasteiger partial charge in [0.1, 0.15) is 5.75 Å². The molecule has 0 saturated heterocycles. The maximum absolute atomic E-state index is 12.6. The highest BCUT2D eigenvalue weighted by Crippen LogP contribution is 2.28. The van der Waals surface area contributed by atoms with Crippen LogP contribution in [0, 0.1) is 4.77 Å². The summed E-state index contributed by atoms with van der Waals surface area (Å²) in [4.78, 5) is 29.9. The predicted molar refractivity (Wildman–Crippen MR) is 106 cm³/mol. The van der Waals surface area contributed by atoms with Crippen molar-refractivity contribution in [2.75, 3.05) is 7.11 Å². The van der Waals surface area contributed by atoms with Gasteiger partial charge in [0.25, 0.3) is 11.5 Å². The topological polar surface area (TPSA) is 87.0 Å². The van der Waals surface area contributed by atoms with Gasteiger partial charge in [-0.1, -0.05) is 6.07 Å². The fraction of sp³-hybridized carbons (Fsp3) is 0.167. The molecule has 1 heterocycles. The van der Waals surface area contributed by atoms with E-state index in [1.54, 1.807) is 25.3 Å². The minimum absolute atomic E-state index is 0.210. The number of ether oxygens (including phenoxy) is 1. The van der Waals surface area contributed by atoms with Crippen molar-refractivity contribution in [3.8, 4) is 5.75 Å². The Morgan fingerprint density at radius 3 is 2.69 bits per heavy atom. The van der Waals surface area contributed by atoms with Crippen molar-refractivity contribution in [2.24, 2.45) is 0 Å². The van der Waals surface area contributed by atoms with Crippen LogP contribution in [0.3, 0.4) is 0 Å². The third-order valence-electron chi connectivity index (χ3n) is 4.03. The van der Waals surface area contributed by atoms with Gasteiger partial charge in [-0.25, -0.2) is 0 Å². The van der Waals surface area contributed by atoms with Crippen molar-refractivity contribution in [3.05, 3.63) is 67.1 Å². The van der Waals surface area contributed by atoms with E-state index in [9.17, 15) is 9.59 Å². The predicted octanol–water partition coefficient (Wildman–Crippen LogP) is 3.85. The van der Waals surface area contributed by atoms with Gasteiger partial charge in [-0.2, -0.15) is 0 Å². The minimum Gasteiger partial charge on any atom is -0.496 e. The maximum atomic E-state index is 12.6. The highest BCUT2D eigenvalue weighted by atomic mass is 79.9. The number of methoxy groups -OCH3 is 1. The smallest absolute Gasteiger partial charge is 0.259 e. The zero-order valence-electron chi connectivity index (χ0n) is 14.1. The molecule has 3 N–H and O–H groups in total. The third-order valence-corrected chi connectivity index (χ3v) is 4.85. The number of aromatic nitrogens is 2. The van der Waals surface area contributed by atoms with Crippen LogP contribution in [-0.4, -0.2) is 23.0 Å². The van der Waals surface area contributed by atoms with Crippen LogP contribution >= 0.6 is 28.1 Å². The van der Waals surface area contributed by atoms with E-state index in [0.29, 0.717) is 16.5 Å². The normalized spacial score (nSPS) is 12.0. The van der Waals surface area contributed by atoms with E-state index in [4.69, 9.17) is 17.0 Å². The van der Waals surface area contributed by atoms with Gasteiger partial charge in [-0.05, 0) is 71.0 Å². The number of nitrogens with one attached hydrogen (secondary N) is 3. The first-order valence-corrected chi connectivity index (χ1v) is 9.00. The van der Waals surface area contributed by atoms with E-state index < -0.39 is 0 Å². The Balaban J connectivity index is 1.85. The van der Waals surface area contributed by atoms with Crippen molar-refractivity contribution in [1.82, 2.24) is 15.3 Å². The third kappa shape index (κ3) is 3.71. The fourth-order valence-electron chi connectivity index (χ4n) is 2.63. The first kappa shape index (κ1) is 18.3. The Morgan fingerprint density at radius 1 is 1.23 bits per heavy atom. The fourth-order valence-corrected chi connectivity index (χ4v) is 3.39. The molecule has 6 nitrogen and oxygen atoms in total. The molecule has 0 aliphatic heterocycles. The van der Waals surface area contributed by atoms with Crippen LogP contribution < -0.4 is 15.6 Å². The van der Waals surface area contributed by atoms with E-state index in [0.717, 1.165) is 15.8 Å². The molecule has 1 aromatic heterocycles. The number of carbonyl (C=O) groups is 1.